The van der Waals surface area contributed by atoms with Crippen LogP contribution in [0.15, 0.2) is 11.1 Å². The molecule has 0 bridgehead atoms. The van der Waals surface area contributed by atoms with Crippen LogP contribution in [0.25, 0.3) is 0 Å². The Kier molecular flexibility index (Phi) is 5.55. The number of hydrogen-bond donors (Lipinski definition) is 2. The second-order valence-corrected chi connectivity index (χ2v) is 6.90. The van der Waals surface area contributed by atoms with Gasteiger partial charge in [-0.1, -0.05) is 11.6 Å². The molecule has 0 atom stereocenters. The quantitative estimate of drug-likeness (QED) is 0.803. The molecule has 1 aromatic heterocycles. The summed E-state index contributed by atoms with van der Waals surface area (Å²) in [6.45, 7) is 3.63. The third-order valence-corrected chi connectivity index (χ3v) is 4.41. The SMILES string of the molecule is CC1(C)C=C(SCc2c(C(F)(F)F)nn(CCCO)c2Cl)NO1. The molecule has 0 aromatic carbocycles. The Balaban J connectivity index is 2.20. The van der Waals surface area contributed by atoms with Gasteiger partial charge in [-0.25, -0.2) is 0 Å². The van der Waals surface area contributed by atoms with Crippen LogP contribution in [-0.2, 0) is 23.3 Å². The molecular weight excluding hydrogens is 355 g/mol. The highest BCUT2D eigenvalue weighted by Gasteiger charge is 2.39. The molecule has 0 unspecified atom stereocenters. The molecule has 23 heavy (non-hydrogen) atoms. The molecule has 0 fully saturated rings. The van der Waals surface area contributed by atoms with Gasteiger partial charge in [-0.3, -0.25) is 15.0 Å². The van der Waals surface area contributed by atoms with Crippen molar-refractivity contribution in [3.63, 3.8) is 0 Å². The number of nitrogens with zero attached hydrogens (tertiary/aromatic N) is 2. The molecule has 1 aromatic rings. The van der Waals surface area contributed by atoms with Crippen LogP contribution in [0.3, 0.4) is 0 Å². The number of aromatic nitrogens is 2. The van der Waals surface area contributed by atoms with Gasteiger partial charge in [0.15, 0.2) is 5.69 Å². The van der Waals surface area contributed by atoms with E-state index < -0.39 is 17.5 Å². The number of alkyl halides is 3. The molecule has 0 spiro atoms. The molecule has 1 aliphatic heterocycles. The summed E-state index contributed by atoms with van der Waals surface area (Å²) < 4.78 is 40.5. The van der Waals surface area contributed by atoms with Gasteiger partial charge < -0.3 is 5.11 Å². The summed E-state index contributed by atoms with van der Waals surface area (Å²) in [7, 11) is 0. The van der Waals surface area contributed by atoms with E-state index in [4.69, 9.17) is 21.5 Å². The summed E-state index contributed by atoms with van der Waals surface area (Å²) in [6, 6.07) is 0. The predicted octanol–water partition coefficient (Wildman–Crippen LogP) is 3.33. The molecule has 130 valence electrons. The second-order valence-electron chi connectivity index (χ2n) is 5.52. The molecule has 2 heterocycles. The zero-order chi connectivity index (χ0) is 17.3. The number of aryl methyl sites for hydroxylation is 1. The number of aliphatic hydroxyl groups is 1. The summed E-state index contributed by atoms with van der Waals surface area (Å²) in [6.07, 6.45) is -2.52. The first-order valence-corrected chi connectivity index (χ1v) is 8.23. The van der Waals surface area contributed by atoms with Crippen molar-refractivity contribution in [2.45, 2.75) is 44.3 Å². The van der Waals surface area contributed by atoms with Crippen molar-refractivity contribution in [2.75, 3.05) is 6.61 Å². The van der Waals surface area contributed by atoms with Crippen LogP contribution < -0.4 is 5.48 Å². The maximum atomic E-state index is 13.1. The van der Waals surface area contributed by atoms with Crippen molar-refractivity contribution in [1.82, 2.24) is 15.3 Å². The van der Waals surface area contributed by atoms with E-state index in [-0.39, 0.29) is 36.0 Å². The zero-order valence-corrected chi connectivity index (χ0v) is 14.1. The van der Waals surface area contributed by atoms with E-state index in [1.807, 2.05) is 13.8 Å². The highest BCUT2D eigenvalue weighted by Crippen LogP contribution is 2.38. The van der Waals surface area contributed by atoms with Gasteiger partial charge in [-0.15, -0.1) is 11.8 Å². The maximum absolute atomic E-state index is 13.1. The second kappa shape index (κ2) is 6.92. The Morgan fingerprint density at radius 1 is 1.48 bits per heavy atom. The normalized spacial score (nSPS) is 17.3. The lowest BCUT2D eigenvalue weighted by Gasteiger charge is -2.11. The highest BCUT2D eigenvalue weighted by molar-refractivity contribution is 8.02. The third-order valence-electron chi connectivity index (χ3n) is 3.04. The van der Waals surface area contributed by atoms with E-state index in [1.165, 1.54) is 0 Å². The van der Waals surface area contributed by atoms with Crippen molar-refractivity contribution < 1.29 is 23.1 Å². The molecule has 0 radical (unpaired) electrons. The largest absolute Gasteiger partial charge is 0.435 e. The molecule has 0 saturated heterocycles. The maximum Gasteiger partial charge on any atom is 0.435 e. The fraction of sp³-hybridized carbons (Fsp3) is 0.615. The molecule has 10 heteroatoms. The number of rotatable bonds is 6. The van der Waals surface area contributed by atoms with Gasteiger partial charge in [-0.05, 0) is 26.3 Å². The lowest BCUT2D eigenvalue weighted by molar-refractivity contribution is -0.142. The van der Waals surface area contributed by atoms with E-state index in [2.05, 4.69) is 10.6 Å². The third kappa shape index (κ3) is 4.56. The first-order valence-electron chi connectivity index (χ1n) is 6.87. The van der Waals surface area contributed by atoms with Crippen molar-refractivity contribution in [3.8, 4) is 0 Å². The standard InChI is InChI=1S/C13H17ClF3N3O2S/c1-12(2)6-9(19-22-12)23-7-8-10(13(15,16)17)18-20(11(8)14)4-3-5-21/h6,19,21H,3-5,7H2,1-2H3. The summed E-state index contributed by atoms with van der Waals surface area (Å²) in [4.78, 5) is 5.26. The Labute approximate surface area is 140 Å². The summed E-state index contributed by atoms with van der Waals surface area (Å²) >= 11 is 7.21. The monoisotopic (exact) mass is 371 g/mol. The van der Waals surface area contributed by atoms with Crippen molar-refractivity contribution in [3.05, 3.63) is 27.5 Å². The molecule has 0 aliphatic carbocycles. The van der Waals surface area contributed by atoms with Crippen LogP contribution >= 0.6 is 23.4 Å². The first-order chi connectivity index (χ1) is 10.6. The molecule has 1 aliphatic rings. The number of halogens is 4. The number of hydrogen-bond acceptors (Lipinski definition) is 5. The molecule has 0 saturated carbocycles. The van der Waals surface area contributed by atoms with Crippen LogP contribution in [-0.4, -0.2) is 27.1 Å². The minimum atomic E-state index is -4.59. The highest BCUT2D eigenvalue weighted by atomic mass is 35.5. The van der Waals surface area contributed by atoms with E-state index in [1.54, 1.807) is 6.08 Å². The van der Waals surface area contributed by atoms with Crippen LogP contribution in [0.1, 0.15) is 31.5 Å². The van der Waals surface area contributed by atoms with Crippen LogP contribution in [0.4, 0.5) is 13.2 Å². The van der Waals surface area contributed by atoms with E-state index in [9.17, 15) is 13.2 Å². The average Bonchev–Trinajstić information content (AvgIpc) is 2.94. The molecule has 0 amide bonds. The van der Waals surface area contributed by atoms with Gasteiger partial charge in [0.2, 0.25) is 0 Å². The van der Waals surface area contributed by atoms with Crippen LogP contribution in [0.5, 0.6) is 0 Å². The molecule has 5 nitrogen and oxygen atoms in total. The summed E-state index contributed by atoms with van der Waals surface area (Å²) in [5, 5.41) is 12.9. The zero-order valence-electron chi connectivity index (χ0n) is 12.6. The van der Waals surface area contributed by atoms with Gasteiger partial charge in [0.25, 0.3) is 0 Å². The van der Waals surface area contributed by atoms with E-state index in [0.717, 1.165) is 16.4 Å². The molecule has 2 N–H and O–H groups in total. The van der Waals surface area contributed by atoms with Gasteiger partial charge in [0.1, 0.15) is 10.8 Å². The van der Waals surface area contributed by atoms with Gasteiger partial charge in [-0.2, -0.15) is 18.3 Å². The number of hydroxylamine groups is 1. The summed E-state index contributed by atoms with van der Waals surface area (Å²) in [5.74, 6) is 0.00503. The summed E-state index contributed by atoms with van der Waals surface area (Å²) in [5.41, 5.74) is 1.10. The molecule has 2 rings (SSSR count). The van der Waals surface area contributed by atoms with Crippen molar-refractivity contribution in [1.29, 1.82) is 0 Å². The fourth-order valence-electron chi connectivity index (χ4n) is 1.98. The Morgan fingerprint density at radius 3 is 2.70 bits per heavy atom. The fourth-order valence-corrected chi connectivity index (χ4v) is 3.38. The predicted molar refractivity (Wildman–Crippen MR) is 81.6 cm³/mol. The minimum Gasteiger partial charge on any atom is -0.396 e. The van der Waals surface area contributed by atoms with E-state index >= 15 is 0 Å². The minimum absolute atomic E-state index is 0.00503. The van der Waals surface area contributed by atoms with Crippen LogP contribution in [0, 0.1) is 0 Å². The van der Waals surface area contributed by atoms with Gasteiger partial charge in [0, 0.05) is 24.5 Å². The average molecular weight is 372 g/mol. The number of aliphatic hydroxyl groups excluding tert-OH is 1. The topological polar surface area (TPSA) is 59.3 Å². The van der Waals surface area contributed by atoms with Crippen LogP contribution in [0.2, 0.25) is 5.15 Å². The smallest absolute Gasteiger partial charge is 0.396 e. The van der Waals surface area contributed by atoms with Gasteiger partial charge >= 0.3 is 6.18 Å². The van der Waals surface area contributed by atoms with Crippen molar-refractivity contribution >= 4 is 23.4 Å². The molecular formula is C13H17ClF3N3O2S. The Hall–Kier alpha value is -0.900. The Morgan fingerprint density at radius 2 is 2.17 bits per heavy atom. The first kappa shape index (κ1) is 18.4. The lowest BCUT2D eigenvalue weighted by atomic mass is 10.1. The Bertz CT molecular complexity index is 602. The lowest BCUT2D eigenvalue weighted by Crippen LogP contribution is -2.20. The van der Waals surface area contributed by atoms with Gasteiger partial charge in [0.05, 0.1) is 5.03 Å². The van der Waals surface area contributed by atoms with E-state index in [0.29, 0.717) is 5.03 Å². The van der Waals surface area contributed by atoms with Crippen molar-refractivity contribution in [2.24, 2.45) is 0 Å². The number of thioether (sulfide) groups is 1. The number of nitrogens with one attached hydrogen (secondary N) is 1.